The molecule has 4 nitrogen and oxygen atoms in total. The molecule has 0 aliphatic carbocycles. The normalized spacial score (nSPS) is 11.2. The van der Waals surface area contributed by atoms with Gasteiger partial charge in [0.05, 0.1) is 5.69 Å². The highest BCUT2D eigenvalue weighted by Gasteiger charge is 1.99. The third kappa shape index (κ3) is 5.28. The molecule has 0 aliphatic rings. The molecule has 0 atom stereocenters. The highest BCUT2D eigenvalue weighted by molar-refractivity contribution is 5.08. The van der Waals surface area contributed by atoms with E-state index >= 15 is 0 Å². The number of aromatic nitrogens is 2. The Morgan fingerprint density at radius 1 is 1.44 bits per heavy atom. The summed E-state index contributed by atoms with van der Waals surface area (Å²) >= 11 is 0. The molecule has 0 aromatic carbocycles. The van der Waals surface area contributed by atoms with Crippen LogP contribution in [-0.2, 0) is 13.0 Å². The van der Waals surface area contributed by atoms with Crippen molar-refractivity contribution in [1.82, 2.24) is 20.4 Å². The molecule has 0 saturated heterocycles. The van der Waals surface area contributed by atoms with E-state index in [2.05, 4.69) is 47.5 Å². The summed E-state index contributed by atoms with van der Waals surface area (Å²) in [4.78, 5) is 2.21. The van der Waals surface area contributed by atoms with Gasteiger partial charge in [0.2, 0.25) is 0 Å². The van der Waals surface area contributed by atoms with Crippen molar-refractivity contribution in [1.29, 1.82) is 0 Å². The monoisotopic (exact) mass is 224 g/mol. The van der Waals surface area contributed by atoms with Crippen molar-refractivity contribution in [2.45, 2.75) is 32.7 Å². The number of hydrogen-bond donors (Lipinski definition) is 2. The van der Waals surface area contributed by atoms with Gasteiger partial charge in [-0.3, -0.25) is 5.10 Å². The molecule has 0 saturated carbocycles. The zero-order valence-electron chi connectivity index (χ0n) is 10.7. The van der Waals surface area contributed by atoms with Crippen LogP contribution in [0.15, 0.2) is 6.07 Å². The molecule has 4 heteroatoms. The summed E-state index contributed by atoms with van der Waals surface area (Å²) in [6.45, 7) is 5.26. The van der Waals surface area contributed by atoms with E-state index in [4.69, 9.17) is 0 Å². The molecule has 0 bridgehead atoms. The maximum Gasteiger partial charge on any atom is 0.0625 e. The van der Waals surface area contributed by atoms with Gasteiger partial charge in [0.15, 0.2) is 0 Å². The Kier molecular flexibility index (Phi) is 6.11. The third-order valence-corrected chi connectivity index (χ3v) is 2.46. The van der Waals surface area contributed by atoms with Crippen LogP contribution in [0.1, 0.15) is 31.2 Å². The SMILES string of the molecule is CCCc1cc(CNCCCN(C)C)[nH]n1. The predicted molar refractivity (Wildman–Crippen MR) is 67.5 cm³/mol. The molecule has 92 valence electrons. The minimum Gasteiger partial charge on any atom is -0.311 e. The second-order valence-corrected chi connectivity index (χ2v) is 4.47. The molecule has 0 aliphatic heterocycles. The average Bonchev–Trinajstić information content (AvgIpc) is 2.65. The Hall–Kier alpha value is -0.870. The van der Waals surface area contributed by atoms with Gasteiger partial charge in [-0.15, -0.1) is 0 Å². The fourth-order valence-corrected chi connectivity index (χ4v) is 1.63. The van der Waals surface area contributed by atoms with Gasteiger partial charge in [-0.2, -0.15) is 5.10 Å². The summed E-state index contributed by atoms with van der Waals surface area (Å²) in [7, 11) is 4.21. The molecule has 1 heterocycles. The number of aromatic amines is 1. The van der Waals surface area contributed by atoms with Gasteiger partial charge in [0.1, 0.15) is 0 Å². The third-order valence-electron chi connectivity index (χ3n) is 2.46. The molecular formula is C12H24N4. The number of hydrogen-bond acceptors (Lipinski definition) is 3. The second-order valence-electron chi connectivity index (χ2n) is 4.47. The Morgan fingerprint density at radius 2 is 2.25 bits per heavy atom. The first-order valence-corrected chi connectivity index (χ1v) is 6.11. The molecule has 1 aromatic heterocycles. The van der Waals surface area contributed by atoms with Gasteiger partial charge < -0.3 is 10.2 Å². The van der Waals surface area contributed by atoms with Gasteiger partial charge in [0.25, 0.3) is 0 Å². The van der Waals surface area contributed by atoms with Crippen LogP contribution in [0.25, 0.3) is 0 Å². The van der Waals surface area contributed by atoms with Crippen LogP contribution < -0.4 is 5.32 Å². The van der Waals surface area contributed by atoms with Crippen LogP contribution in [0.4, 0.5) is 0 Å². The van der Waals surface area contributed by atoms with Crippen LogP contribution >= 0.6 is 0 Å². The molecule has 1 rings (SSSR count). The fraction of sp³-hybridized carbons (Fsp3) is 0.750. The fourth-order valence-electron chi connectivity index (χ4n) is 1.63. The van der Waals surface area contributed by atoms with Crippen molar-refractivity contribution in [3.8, 4) is 0 Å². The van der Waals surface area contributed by atoms with Crippen molar-refractivity contribution in [3.05, 3.63) is 17.5 Å². The molecule has 0 unspecified atom stereocenters. The van der Waals surface area contributed by atoms with Crippen LogP contribution in [0.5, 0.6) is 0 Å². The molecule has 0 spiro atoms. The summed E-state index contributed by atoms with van der Waals surface area (Å²) < 4.78 is 0. The van der Waals surface area contributed by atoms with Crippen molar-refractivity contribution >= 4 is 0 Å². The molecule has 2 N–H and O–H groups in total. The number of rotatable bonds is 8. The van der Waals surface area contributed by atoms with Crippen molar-refractivity contribution in [3.63, 3.8) is 0 Å². The zero-order chi connectivity index (χ0) is 11.8. The van der Waals surface area contributed by atoms with Crippen molar-refractivity contribution in [2.24, 2.45) is 0 Å². The Bertz CT molecular complexity index is 280. The Balaban J connectivity index is 2.12. The number of aryl methyl sites for hydroxylation is 1. The van der Waals surface area contributed by atoms with E-state index in [1.807, 2.05) is 0 Å². The summed E-state index contributed by atoms with van der Waals surface area (Å²) in [5.41, 5.74) is 2.36. The van der Waals surface area contributed by atoms with E-state index in [1.54, 1.807) is 0 Å². The van der Waals surface area contributed by atoms with E-state index in [-0.39, 0.29) is 0 Å². The molecule has 0 fully saturated rings. The largest absolute Gasteiger partial charge is 0.311 e. The van der Waals surface area contributed by atoms with E-state index in [0.29, 0.717) is 0 Å². The van der Waals surface area contributed by atoms with Crippen LogP contribution in [0.3, 0.4) is 0 Å². The van der Waals surface area contributed by atoms with Gasteiger partial charge in [-0.1, -0.05) is 13.3 Å². The smallest absolute Gasteiger partial charge is 0.0625 e. The summed E-state index contributed by atoms with van der Waals surface area (Å²) in [5, 5.41) is 10.7. The lowest BCUT2D eigenvalue weighted by Crippen LogP contribution is -2.21. The number of H-pyrrole nitrogens is 1. The molecule has 1 aromatic rings. The van der Waals surface area contributed by atoms with Gasteiger partial charge in [-0.25, -0.2) is 0 Å². The lowest BCUT2D eigenvalue weighted by atomic mass is 10.2. The number of nitrogens with zero attached hydrogens (tertiary/aromatic N) is 2. The summed E-state index contributed by atoms with van der Waals surface area (Å²) in [5.74, 6) is 0. The van der Waals surface area contributed by atoms with E-state index in [0.717, 1.165) is 32.5 Å². The molecule has 16 heavy (non-hydrogen) atoms. The van der Waals surface area contributed by atoms with Gasteiger partial charge in [0, 0.05) is 12.2 Å². The average molecular weight is 224 g/mol. The molecular weight excluding hydrogens is 200 g/mol. The van der Waals surface area contributed by atoms with Crippen molar-refractivity contribution < 1.29 is 0 Å². The highest BCUT2D eigenvalue weighted by Crippen LogP contribution is 2.01. The second kappa shape index (κ2) is 7.41. The lowest BCUT2D eigenvalue weighted by molar-refractivity contribution is 0.394. The zero-order valence-corrected chi connectivity index (χ0v) is 10.7. The predicted octanol–water partition coefficient (Wildman–Crippen LogP) is 1.40. The van der Waals surface area contributed by atoms with Crippen LogP contribution in [0, 0.1) is 0 Å². The first-order valence-electron chi connectivity index (χ1n) is 6.11. The first-order chi connectivity index (χ1) is 7.72. The standard InChI is InChI=1S/C12H24N4/c1-4-6-11-9-12(15-14-11)10-13-7-5-8-16(2)3/h9,13H,4-8,10H2,1-3H3,(H,14,15). The highest BCUT2D eigenvalue weighted by atomic mass is 15.1. The first kappa shape index (κ1) is 13.2. The van der Waals surface area contributed by atoms with E-state index in [9.17, 15) is 0 Å². The Morgan fingerprint density at radius 3 is 2.94 bits per heavy atom. The topological polar surface area (TPSA) is 44.0 Å². The lowest BCUT2D eigenvalue weighted by Gasteiger charge is -2.09. The van der Waals surface area contributed by atoms with Crippen molar-refractivity contribution in [2.75, 3.05) is 27.2 Å². The van der Waals surface area contributed by atoms with Gasteiger partial charge in [-0.05, 0) is 46.1 Å². The van der Waals surface area contributed by atoms with Crippen LogP contribution in [0.2, 0.25) is 0 Å². The number of nitrogens with one attached hydrogen (secondary N) is 2. The summed E-state index contributed by atoms with van der Waals surface area (Å²) in [6.07, 6.45) is 3.40. The van der Waals surface area contributed by atoms with Crippen LogP contribution in [-0.4, -0.2) is 42.3 Å². The molecule has 0 amide bonds. The maximum atomic E-state index is 4.26. The Labute approximate surface area is 98.4 Å². The quantitative estimate of drug-likeness (QED) is 0.656. The summed E-state index contributed by atoms with van der Waals surface area (Å²) in [6, 6.07) is 2.16. The minimum absolute atomic E-state index is 0.893. The maximum absolute atomic E-state index is 4.26. The van der Waals surface area contributed by atoms with E-state index in [1.165, 1.54) is 17.8 Å². The van der Waals surface area contributed by atoms with Gasteiger partial charge >= 0.3 is 0 Å². The molecule has 0 radical (unpaired) electrons. The minimum atomic E-state index is 0.893. The van der Waals surface area contributed by atoms with E-state index < -0.39 is 0 Å².